The van der Waals surface area contributed by atoms with Crippen LogP contribution in [0.2, 0.25) is 0 Å². The summed E-state index contributed by atoms with van der Waals surface area (Å²) in [6.45, 7) is 6.09. The molecule has 0 atom stereocenters. The van der Waals surface area contributed by atoms with Crippen molar-refractivity contribution in [3.8, 4) is 16.2 Å². The van der Waals surface area contributed by atoms with Gasteiger partial charge >= 0.3 is 0 Å². The van der Waals surface area contributed by atoms with Crippen LogP contribution in [0.4, 0.5) is 0 Å². The molecule has 0 fully saturated rings. The highest BCUT2D eigenvalue weighted by Crippen LogP contribution is 2.40. The minimum absolute atomic E-state index is 0.0584. The fraction of sp³-hybridized carbons (Fsp3) is 0.160. The molecule has 1 aromatic heterocycles. The minimum Gasteiger partial charge on any atom is -0.488 e. The molecule has 0 aliphatic carbocycles. The van der Waals surface area contributed by atoms with E-state index in [-0.39, 0.29) is 11.4 Å². The quantitative estimate of drug-likeness (QED) is 0.354. The molecule has 0 bridgehead atoms. The van der Waals surface area contributed by atoms with Crippen LogP contribution in [0, 0.1) is 0 Å². The molecule has 4 rings (SSSR count). The zero-order valence-corrected chi connectivity index (χ0v) is 17.0. The van der Waals surface area contributed by atoms with Crippen LogP contribution in [0.15, 0.2) is 78.9 Å². The lowest BCUT2D eigenvalue weighted by Crippen LogP contribution is -2.22. The highest BCUT2D eigenvalue weighted by atomic mass is 32.1. The second-order valence-corrected chi connectivity index (χ2v) is 8.79. The highest BCUT2D eigenvalue weighted by Gasteiger charge is 2.21. The lowest BCUT2D eigenvalue weighted by Gasteiger charge is -2.21. The van der Waals surface area contributed by atoms with E-state index in [1.807, 2.05) is 93.6 Å². The van der Waals surface area contributed by atoms with Gasteiger partial charge in [0.2, 0.25) is 0 Å². The highest BCUT2D eigenvalue weighted by molar-refractivity contribution is 7.22. The van der Waals surface area contributed by atoms with Gasteiger partial charge in [-0.1, -0.05) is 48.5 Å². The zero-order chi connectivity index (χ0) is 19.7. The standard InChI is InChI=1S/C25H22O2S/c1-25(2,3)27-19-15-13-18(14-16-19)24-22(20-11-7-8-12-21(20)28-24)23(26)17-9-5-4-6-10-17/h4-16H,1-3H3. The summed E-state index contributed by atoms with van der Waals surface area (Å²) in [6.07, 6.45) is 0. The first-order valence-electron chi connectivity index (χ1n) is 9.33. The average molecular weight is 387 g/mol. The number of ether oxygens (including phenoxy) is 1. The molecule has 140 valence electrons. The maximum absolute atomic E-state index is 13.4. The minimum atomic E-state index is -0.242. The number of carbonyl (C=O) groups excluding carboxylic acids is 1. The second kappa shape index (κ2) is 7.25. The molecular formula is C25H22O2S. The van der Waals surface area contributed by atoms with E-state index in [1.165, 1.54) is 0 Å². The Kier molecular flexibility index (Phi) is 4.78. The molecule has 0 aliphatic rings. The van der Waals surface area contributed by atoms with Crippen molar-refractivity contribution < 1.29 is 9.53 Å². The molecule has 0 amide bonds. The van der Waals surface area contributed by atoms with Crippen LogP contribution >= 0.6 is 11.3 Å². The van der Waals surface area contributed by atoms with E-state index < -0.39 is 0 Å². The number of hydrogen-bond donors (Lipinski definition) is 0. The van der Waals surface area contributed by atoms with Gasteiger partial charge in [-0.25, -0.2) is 0 Å². The van der Waals surface area contributed by atoms with Gasteiger partial charge in [0.25, 0.3) is 0 Å². The number of ketones is 1. The van der Waals surface area contributed by atoms with Gasteiger partial charge in [-0.2, -0.15) is 0 Å². The largest absolute Gasteiger partial charge is 0.488 e. The van der Waals surface area contributed by atoms with Crippen molar-refractivity contribution in [3.05, 3.63) is 90.0 Å². The van der Waals surface area contributed by atoms with Crippen molar-refractivity contribution in [1.82, 2.24) is 0 Å². The molecule has 28 heavy (non-hydrogen) atoms. The Morgan fingerprint density at radius 3 is 2.14 bits per heavy atom. The first-order chi connectivity index (χ1) is 13.4. The number of benzene rings is 3. The van der Waals surface area contributed by atoms with E-state index in [9.17, 15) is 4.79 Å². The van der Waals surface area contributed by atoms with Crippen molar-refractivity contribution in [3.63, 3.8) is 0 Å². The Hall–Kier alpha value is -2.91. The van der Waals surface area contributed by atoms with Gasteiger partial charge in [0.1, 0.15) is 11.4 Å². The van der Waals surface area contributed by atoms with Crippen LogP contribution in [0.25, 0.3) is 20.5 Å². The zero-order valence-electron chi connectivity index (χ0n) is 16.2. The fourth-order valence-corrected chi connectivity index (χ4v) is 4.44. The third-order valence-electron chi connectivity index (χ3n) is 4.40. The molecular weight excluding hydrogens is 364 g/mol. The fourth-order valence-electron chi connectivity index (χ4n) is 3.24. The van der Waals surface area contributed by atoms with Crippen molar-refractivity contribution in [2.75, 3.05) is 0 Å². The molecule has 1 heterocycles. The molecule has 0 saturated carbocycles. The van der Waals surface area contributed by atoms with E-state index in [0.717, 1.165) is 31.8 Å². The molecule has 0 N–H and O–H groups in total. The summed E-state index contributed by atoms with van der Waals surface area (Å²) >= 11 is 1.66. The topological polar surface area (TPSA) is 26.3 Å². The van der Waals surface area contributed by atoms with E-state index in [4.69, 9.17) is 4.74 Å². The predicted octanol–water partition coefficient (Wildman–Crippen LogP) is 6.98. The lowest BCUT2D eigenvalue weighted by molar-refractivity contribution is 0.104. The molecule has 0 spiro atoms. The summed E-state index contributed by atoms with van der Waals surface area (Å²) in [7, 11) is 0. The third-order valence-corrected chi connectivity index (χ3v) is 5.62. The summed E-state index contributed by atoms with van der Waals surface area (Å²) in [5.41, 5.74) is 2.27. The Bertz CT molecular complexity index is 1120. The van der Waals surface area contributed by atoms with Crippen LogP contribution in [-0.2, 0) is 0 Å². The lowest BCUT2D eigenvalue weighted by atomic mass is 9.97. The maximum Gasteiger partial charge on any atom is 0.195 e. The predicted molar refractivity (Wildman–Crippen MR) is 118 cm³/mol. The van der Waals surface area contributed by atoms with Crippen molar-refractivity contribution in [2.24, 2.45) is 0 Å². The van der Waals surface area contributed by atoms with E-state index in [1.54, 1.807) is 11.3 Å². The monoisotopic (exact) mass is 386 g/mol. The number of carbonyl (C=O) groups is 1. The van der Waals surface area contributed by atoms with Gasteiger partial charge in [0.15, 0.2) is 5.78 Å². The Labute approximate surface area is 169 Å². The van der Waals surface area contributed by atoms with Crippen LogP contribution in [-0.4, -0.2) is 11.4 Å². The third kappa shape index (κ3) is 3.71. The summed E-state index contributed by atoms with van der Waals surface area (Å²) in [6, 6.07) is 25.6. The van der Waals surface area contributed by atoms with Gasteiger partial charge in [0.05, 0.1) is 0 Å². The van der Waals surface area contributed by atoms with Gasteiger partial charge in [-0.15, -0.1) is 11.3 Å². The maximum atomic E-state index is 13.4. The number of thiophene rings is 1. The number of rotatable bonds is 4. The normalized spacial score (nSPS) is 11.5. The first-order valence-corrected chi connectivity index (χ1v) is 10.1. The molecule has 0 unspecified atom stereocenters. The summed E-state index contributed by atoms with van der Waals surface area (Å²) in [5, 5.41) is 1.01. The molecule has 2 nitrogen and oxygen atoms in total. The van der Waals surface area contributed by atoms with Gasteiger partial charge in [-0.05, 0) is 56.7 Å². The van der Waals surface area contributed by atoms with Crippen LogP contribution in [0.5, 0.6) is 5.75 Å². The molecule has 0 radical (unpaired) electrons. The van der Waals surface area contributed by atoms with Crippen LogP contribution < -0.4 is 4.74 Å². The van der Waals surface area contributed by atoms with Crippen LogP contribution in [0.3, 0.4) is 0 Å². The summed E-state index contributed by atoms with van der Waals surface area (Å²) in [4.78, 5) is 14.3. The molecule has 3 heteroatoms. The molecule has 4 aromatic rings. The Balaban J connectivity index is 1.82. The van der Waals surface area contributed by atoms with Crippen molar-refractivity contribution in [1.29, 1.82) is 0 Å². The van der Waals surface area contributed by atoms with Crippen LogP contribution in [0.1, 0.15) is 36.7 Å². The molecule has 3 aromatic carbocycles. The molecule has 0 saturated heterocycles. The van der Waals surface area contributed by atoms with Gasteiger partial charge in [0, 0.05) is 26.1 Å². The second-order valence-electron chi connectivity index (χ2n) is 7.74. The number of hydrogen-bond acceptors (Lipinski definition) is 3. The smallest absolute Gasteiger partial charge is 0.195 e. The Morgan fingerprint density at radius 2 is 1.46 bits per heavy atom. The van der Waals surface area contributed by atoms with Gasteiger partial charge in [-0.3, -0.25) is 4.79 Å². The van der Waals surface area contributed by atoms with Crippen molar-refractivity contribution >= 4 is 27.2 Å². The average Bonchev–Trinajstić information content (AvgIpc) is 3.07. The summed E-state index contributed by atoms with van der Waals surface area (Å²) in [5.74, 6) is 0.886. The van der Waals surface area contributed by atoms with E-state index >= 15 is 0 Å². The van der Waals surface area contributed by atoms with Gasteiger partial charge < -0.3 is 4.74 Å². The SMILES string of the molecule is CC(C)(C)Oc1ccc(-c2sc3ccccc3c2C(=O)c2ccccc2)cc1. The Morgan fingerprint density at radius 1 is 0.821 bits per heavy atom. The van der Waals surface area contributed by atoms with Crippen molar-refractivity contribution in [2.45, 2.75) is 26.4 Å². The van der Waals surface area contributed by atoms with E-state index in [2.05, 4.69) is 6.07 Å². The first kappa shape index (κ1) is 18.5. The van der Waals surface area contributed by atoms with E-state index in [0.29, 0.717) is 5.56 Å². The summed E-state index contributed by atoms with van der Waals surface area (Å²) < 4.78 is 7.05. The number of fused-ring (bicyclic) bond motifs is 1. The molecule has 0 aliphatic heterocycles.